The van der Waals surface area contributed by atoms with E-state index in [-0.39, 0.29) is 6.42 Å². The fraction of sp³-hybridized carbons (Fsp3) is 0.571. The van der Waals surface area contributed by atoms with Crippen LogP contribution in [-0.4, -0.2) is 34.0 Å². The normalized spacial score (nSPS) is 11.1. The van der Waals surface area contributed by atoms with Gasteiger partial charge in [0.2, 0.25) is 0 Å². The predicted molar refractivity (Wildman–Crippen MR) is 71.2 cm³/mol. The number of aliphatic carboxylic acids is 1. The average molecular weight is 250 g/mol. The van der Waals surface area contributed by atoms with Gasteiger partial charge in [0.25, 0.3) is 0 Å². The minimum absolute atomic E-state index is 0.198. The molecule has 1 aromatic heterocycles. The smallest absolute Gasteiger partial charge is 0.304 e. The Balaban J connectivity index is 2.50. The Morgan fingerprint density at radius 1 is 1.33 bits per heavy atom. The summed E-state index contributed by atoms with van der Waals surface area (Å²) < 4.78 is 0. The van der Waals surface area contributed by atoms with Crippen molar-refractivity contribution in [3.63, 3.8) is 0 Å². The molecule has 1 rings (SSSR count). The van der Waals surface area contributed by atoms with Crippen LogP contribution in [0.4, 0.5) is 0 Å². The number of carboxylic acids is 1. The lowest BCUT2D eigenvalue weighted by molar-refractivity contribution is -0.137. The maximum absolute atomic E-state index is 10.7. The van der Waals surface area contributed by atoms with E-state index >= 15 is 0 Å². The number of hydrogen-bond donors (Lipinski definition) is 1. The third-order valence-electron chi connectivity index (χ3n) is 2.82. The SMILES string of the molecule is CC(C)CCN(CCC(=O)O)Cc1ccncc1. The van der Waals surface area contributed by atoms with Crippen LogP contribution in [0.15, 0.2) is 24.5 Å². The first-order valence-electron chi connectivity index (χ1n) is 6.41. The van der Waals surface area contributed by atoms with Gasteiger partial charge in [-0.3, -0.25) is 14.7 Å². The summed E-state index contributed by atoms with van der Waals surface area (Å²) in [5.74, 6) is -0.103. The first-order chi connectivity index (χ1) is 8.58. The molecule has 0 spiro atoms. The van der Waals surface area contributed by atoms with Gasteiger partial charge in [-0.1, -0.05) is 13.8 Å². The maximum Gasteiger partial charge on any atom is 0.304 e. The van der Waals surface area contributed by atoms with Crippen LogP contribution in [0.1, 0.15) is 32.3 Å². The average Bonchev–Trinajstić information content (AvgIpc) is 2.33. The fourth-order valence-electron chi connectivity index (χ4n) is 1.71. The summed E-state index contributed by atoms with van der Waals surface area (Å²) in [4.78, 5) is 16.8. The minimum atomic E-state index is -0.737. The third-order valence-corrected chi connectivity index (χ3v) is 2.82. The molecule has 1 heterocycles. The molecule has 0 saturated heterocycles. The van der Waals surface area contributed by atoms with Crippen LogP contribution in [0.2, 0.25) is 0 Å². The molecule has 0 aliphatic carbocycles. The summed E-state index contributed by atoms with van der Waals surface area (Å²) in [6.07, 6.45) is 4.83. The Labute approximate surface area is 109 Å². The molecule has 0 aromatic carbocycles. The molecule has 0 aliphatic heterocycles. The van der Waals surface area contributed by atoms with Gasteiger partial charge in [-0.2, -0.15) is 0 Å². The van der Waals surface area contributed by atoms with Gasteiger partial charge in [0.1, 0.15) is 0 Å². The molecule has 18 heavy (non-hydrogen) atoms. The molecule has 1 N–H and O–H groups in total. The van der Waals surface area contributed by atoms with Crippen molar-refractivity contribution in [2.45, 2.75) is 33.2 Å². The lowest BCUT2D eigenvalue weighted by Crippen LogP contribution is -2.28. The monoisotopic (exact) mass is 250 g/mol. The van der Waals surface area contributed by atoms with Crippen molar-refractivity contribution in [1.82, 2.24) is 9.88 Å². The van der Waals surface area contributed by atoms with E-state index in [1.165, 1.54) is 5.56 Å². The molecule has 0 aliphatic rings. The summed E-state index contributed by atoms with van der Waals surface area (Å²) >= 11 is 0. The Morgan fingerprint density at radius 2 is 2.00 bits per heavy atom. The Bertz CT molecular complexity index is 352. The van der Waals surface area contributed by atoms with Crippen LogP contribution in [0.3, 0.4) is 0 Å². The zero-order chi connectivity index (χ0) is 13.4. The highest BCUT2D eigenvalue weighted by Gasteiger charge is 2.09. The van der Waals surface area contributed by atoms with Crippen molar-refractivity contribution in [1.29, 1.82) is 0 Å². The predicted octanol–water partition coefficient (Wildman–Crippen LogP) is 2.40. The number of carboxylic acid groups (broad SMARTS) is 1. The highest BCUT2D eigenvalue weighted by Crippen LogP contribution is 2.08. The highest BCUT2D eigenvalue weighted by molar-refractivity contribution is 5.66. The number of nitrogens with zero attached hydrogens (tertiary/aromatic N) is 2. The lowest BCUT2D eigenvalue weighted by atomic mass is 10.1. The van der Waals surface area contributed by atoms with Gasteiger partial charge in [-0.05, 0) is 36.6 Å². The van der Waals surface area contributed by atoms with Crippen LogP contribution >= 0.6 is 0 Å². The van der Waals surface area contributed by atoms with Gasteiger partial charge in [0.05, 0.1) is 6.42 Å². The first kappa shape index (κ1) is 14.6. The van der Waals surface area contributed by atoms with Crippen molar-refractivity contribution in [2.24, 2.45) is 5.92 Å². The summed E-state index contributed by atoms with van der Waals surface area (Å²) in [6, 6.07) is 3.95. The van der Waals surface area contributed by atoms with Crippen LogP contribution in [0.5, 0.6) is 0 Å². The van der Waals surface area contributed by atoms with Crippen molar-refractivity contribution in [3.8, 4) is 0 Å². The molecule has 4 heteroatoms. The molecule has 0 atom stereocenters. The summed E-state index contributed by atoms with van der Waals surface area (Å²) in [5.41, 5.74) is 1.18. The molecule has 1 aromatic rings. The van der Waals surface area contributed by atoms with E-state index in [1.807, 2.05) is 12.1 Å². The van der Waals surface area contributed by atoms with E-state index in [0.717, 1.165) is 19.5 Å². The van der Waals surface area contributed by atoms with Crippen LogP contribution in [0.25, 0.3) is 0 Å². The van der Waals surface area contributed by atoms with E-state index in [0.29, 0.717) is 12.5 Å². The van der Waals surface area contributed by atoms with E-state index in [4.69, 9.17) is 5.11 Å². The van der Waals surface area contributed by atoms with Gasteiger partial charge >= 0.3 is 5.97 Å². The van der Waals surface area contributed by atoms with Crippen molar-refractivity contribution < 1.29 is 9.90 Å². The second kappa shape index (κ2) is 7.82. The first-order valence-corrected chi connectivity index (χ1v) is 6.41. The fourth-order valence-corrected chi connectivity index (χ4v) is 1.71. The Morgan fingerprint density at radius 3 is 2.56 bits per heavy atom. The summed E-state index contributed by atoms with van der Waals surface area (Å²) in [5, 5.41) is 8.77. The van der Waals surface area contributed by atoms with E-state index in [9.17, 15) is 4.79 Å². The molecule has 0 radical (unpaired) electrons. The molecular formula is C14H22N2O2. The largest absolute Gasteiger partial charge is 0.481 e. The van der Waals surface area contributed by atoms with Gasteiger partial charge in [-0.25, -0.2) is 0 Å². The number of pyridine rings is 1. The van der Waals surface area contributed by atoms with Gasteiger partial charge in [0, 0.05) is 25.5 Å². The molecular weight excluding hydrogens is 228 g/mol. The molecule has 0 unspecified atom stereocenters. The molecule has 0 saturated carbocycles. The van der Waals surface area contributed by atoms with Crippen molar-refractivity contribution in [2.75, 3.05) is 13.1 Å². The van der Waals surface area contributed by atoms with Crippen LogP contribution in [0, 0.1) is 5.92 Å². The van der Waals surface area contributed by atoms with Crippen LogP contribution < -0.4 is 0 Å². The van der Waals surface area contributed by atoms with Gasteiger partial charge in [-0.15, -0.1) is 0 Å². The second-order valence-corrected chi connectivity index (χ2v) is 4.96. The van der Waals surface area contributed by atoms with Gasteiger partial charge in [0.15, 0.2) is 0 Å². The Kier molecular flexibility index (Phi) is 6.36. The third kappa shape index (κ3) is 6.35. The Hall–Kier alpha value is -1.42. The summed E-state index contributed by atoms with van der Waals surface area (Å²) in [6.45, 7) is 6.70. The summed E-state index contributed by atoms with van der Waals surface area (Å²) in [7, 11) is 0. The van der Waals surface area contributed by atoms with Crippen molar-refractivity contribution in [3.05, 3.63) is 30.1 Å². The van der Waals surface area contributed by atoms with Crippen LogP contribution in [-0.2, 0) is 11.3 Å². The number of carbonyl (C=O) groups is 1. The quantitative estimate of drug-likeness (QED) is 0.769. The second-order valence-electron chi connectivity index (χ2n) is 4.96. The maximum atomic E-state index is 10.7. The number of hydrogen-bond acceptors (Lipinski definition) is 3. The van der Waals surface area contributed by atoms with E-state index in [1.54, 1.807) is 12.4 Å². The highest BCUT2D eigenvalue weighted by atomic mass is 16.4. The molecule has 0 bridgehead atoms. The zero-order valence-electron chi connectivity index (χ0n) is 11.2. The topological polar surface area (TPSA) is 53.4 Å². The molecule has 0 fully saturated rings. The molecule has 0 amide bonds. The number of rotatable bonds is 8. The molecule has 100 valence electrons. The van der Waals surface area contributed by atoms with E-state index in [2.05, 4.69) is 23.7 Å². The minimum Gasteiger partial charge on any atom is -0.481 e. The van der Waals surface area contributed by atoms with Crippen molar-refractivity contribution >= 4 is 5.97 Å². The zero-order valence-corrected chi connectivity index (χ0v) is 11.2. The number of aromatic nitrogens is 1. The lowest BCUT2D eigenvalue weighted by Gasteiger charge is -2.22. The van der Waals surface area contributed by atoms with Gasteiger partial charge < -0.3 is 5.11 Å². The standard InChI is InChI=1S/C14H22N2O2/c1-12(2)5-9-16(10-6-14(17)18)11-13-3-7-15-8-4-13/h3-4,7-8,12H,5-6,9-11H2,1-2H3,(H,17,18). The molecule has 4 nitrogen and oxygen atoms in total. The van der Waals surface area contributed by atoms with E-state index < -0.39 is 5.97 Å².